The molecule has 1 atom stereocenters. The van der Waals surface area contributed by atoms with Crippen LogP contribution in [-0.2, 0) is 19.6 Å². The van der Waals surface area contributed by atoms with Crippen molar-refractivity contribution in [3.8, 4) is 0 Å². The molecule has 0 fully saturated rings. The maximum Gasteiger partial charge on any atom is 0.325 e. The Kier molecular flexibility index (Phi) is 7.64. The van der Waals surface area contributed by atoms with Gasteiger partial charge in [-0.05, 0) is 19.1 Å². The minimum absolute atomic E-state index is 0.0200. The van der Waals surface area contributed by atoms with E-state index in [1.165, 1.54) is 43.2 Å². The molecule has 1 heterocycles. The lowest BCUT2D eigenvalue weighted by Gasteiger charge is -2.22. The van der Waals surface area contributed by atoms with Crippen LogP contribution in [0.15, 0.2) is 29.4 Å². The number of thioether (sulfide) groups is 1. The Labute approximate surface area is 145 Å². The second kappa shape index (κ2) is 9.00. The molecule has 0 radical (unpaired) electrons. The van der Waals surface area contributed by atoms with Gasteiger partial charge in [-0.25, -0.2) is 8.42 Å². The van der Waals surface area contributed by atoms with Gasteiger partial charge in [-0.3, -0.25) is 14.6 Å². The van der Waals surface area contributed by atoms with Gasteiger partial charge in [-0.2, -0.15) is 4.31 Å². The van der Waals surface area contributed by atoms with Crippen LogP contribution in [0.4, 0.5) is 0 Å². The maximum atomic E-state index is 12.7. The van der Waals surface area contributed by atoms with Crippen LogP contribution in [0, 0.1) is 0 Å². The average Bonchev–Trinajstić information content (AvgIpc) is 2.51. The number of carbonyl (C=O) groups excluding carboxylic acids is 1. The fraction of sp³-hybridized carbons (Fsp3) is 0.500. The van der Waals surface area contributed by atoms with E-state index in [9.17, 15) is 18.0 Å². The number of carbonyl (C=O) groups is 2. The van der Waals surface area contributed by atoms with Crippen LogP contribution in [0.5, 0.6) is 0 Å². The first kappa shape index (κ1) is 20.4. The van der Waals surface area contributed by atoms with E-state index >= 15 is 0 Å². The Morgan fingerprint density at radius 3 is 2.54 bits per heavy atom. The molecule has 2 N–H and O–H groups in total. The van der Waals surface area contributed by atoms with Crippen molar-refractivity contribution in [2.75, 3.05) is 12.4 Å². The van der Waals surface area contributed by atoms with Gasteiger partial charge in [0.05, 0.1) is 12.4 Å². The number of nitrogens with zero attached hydrogens (tertiary/aromatic N) is 2. The minimum Gasteiger partial charge on any atom is -0.480 e. The summed E-state index contributed by atoms with van der Waals surface area (Å²) in [6, 6.07) is 1.79. The molecule has 134 valence electrons. The second-order valence-corrected chi connectivity index (χ2v) is 8.75. The third-order valence-corrected chi connectivity index (χ3v) is 5.96. The van der Waals surface area contributed by atoms with Crippen molar-refractivity contribution in [2.45, 2.75) is 37.0 Å². The Hall–Kier alpha value is -1.65. The molecule has 8 nitrogen and oxygen atoms in total. The third-order valence-electron chi connectivity index (χ3n) is 2.89. The number of carboxylic acid groups (broad SMARTS) is 1. The molecule has 0 aliphatic heterocycles. The fourth-order valence-corrected chi connectivity index (χ4v) is 3.91. The highest BCUT2D eigenvalue weighted by molar-refractivity contribution is 8.00. The molecule has 0 aliphatic carbocycles. The van der Waals surface area contributed by atoms with Gasteiger partial charge in [0, 0.05) is 17.6 Å². The summed E-state index contributed by atoms with van der Waals surface area (Å²) in [7, 11) is -3.91. The van der Waals surface area contributed by atoms with E-state index in [1.54, 1.807) is 0 Å². The Morgan fingerprint density at radius 2 is 2.04 bits per heavy atom. The van der Waals surface area contributed by atoms with E-state index < -0.39 is 34.5 Å². The molecule has 0 aliphatic rings. The topological polar surface area (TPSA) is 117 Å². The van der Waals surface area contributed by atoms with Gasteiger partial charge in [-0.1, -0.05) is 13.8 Å². The normalized spacial score (nSPS) is 13.0. The standard InChI is InChI=1S/C14H21N3O5S2/c1-10(2)23-9-17(8-13(18)16-11(3)14(19)20)24(21,22)12-5-4-6-15-7-12/h4-7,10-11H,8-9H2,1-3H3,(H,16,18)(H,19,20). The fourth-order valence-electron chi connectivity index (χ4n) is 1.59. The predicted octanol–water partition coefficient (Wildman–Crippen LogP) is 0.761. The Morgan fingerprint density at radius 1 is 1.38 bits per heavy atom. The quantitative estimate of drug-likeness (QED) is 0.612. The molecular weight excluding hydrogens is 354 g/mol. The van der Waals surface area contributed by atoms with Crippen molar-refractivity contribution in [1.29, 1.82) is 0 Å². The zero-order valence-corrected chi connectivity index (χ0v) is 15.3. The molecular formula is C14H21N3O5S2. The summed E-state index contributed by atoms with van der Waals surface area (Å²) >= 11 is 1.36. The Bertz CT molecular complexity index is 664. The summed E-state index contributed by atoms with van der Waals surface area (Å²) in [5.41, 5.74) is 0. The number of nitrogens with one attached hydrogen (secondary N) is 1. The van der Waals surface area contributed by atoms with Crippen molar-refractivity contribution in [3.63, 3.8) is 0 Å². The first-order chi connectivity index (χ1) is 11.1. The summed E-state index contributed by atoms with van der Waals surface area (Å²) in [5, 5.41) is 11.2. The van der Waals surface area contributed by atoms with Crippen LogP contribution >= 0.6 is 11.8 Å². The average molecular weight is 375 g/mol. The van der Waals surface area contributed by atoms with Gasteiger partial charge in [0.1, 0.15) is 10.9 Å². The monoisotopic (exact) mass is 375 g/mol. The van der Waals surface area contributed by atoms with Crippen molar-refractivity contribution < 1.29 is 23.1 Å². The second-order valence-electron chi connectivity index (χ2n) is 5.28. The molecule has 0 bridgehead atoms. The van der Waals surface area contributed by atoms with Crippen LogP contribution in [0.25, 0.3) is 0 Å². The first-order valence-electron chi connectivity index (χ1n) is 7.18. The van der Waals surface area contributed by atoms with Crippen molar-refractivity contribution in [2.24, 2.45) is 0 Å². The van der Waals surface area contributed by atoms with Crippen molar-refractivity contribution in [1.82, 2.24) is 14.6 Å². The van der Waals surface area contributed by atoms with Crippen molar-refractivity contribution in [3.05, 3.63) is 24.5 Å². The molecule has 1 aromatic heterocycles. The van der Waals surface area contributed by atoms with Crippen molar-refractivity contribution >= 4 is 33.7 Å². The smallest absolute Gasteiger partial charge is 0.325 e. The SMILES string of the molecule is CC(C)SCN(CC(=O)NC(C)C(=O)O)S(=O)(=O)c1cccnc1. The van der Waals surface area contributed by atoms with E-state index in [0.29, 0.717) is 0 Å². The number of hydrogen-bond donors (Lipinski definition) is 2. The summed E-state index contributed by atoms with van der Waals surface area (Å²) in [6.07, 6.45) is 2.66. The van der Waals surface area contributed by atoms with Gasteiger partial charge in [0.2, 0.25) is 15.9 Å². The molecule has 1 amide bonds. The van der Waals surface area contributed by atoms with Gasteiger partial charge in [0.15, 0.2) is 0 Å². The van der Waals surface area contributed by atoms with Crippen LogP contribution in [0.3, 0.4) is 0 Å². The number of carboxylic acids is 1. The molecule has 1 rings (SSSR count). The number of rotatable bonds is 9. The van der Waals surface area contributed by atoms with E-state index in [0.717, 1.165) is 4.31 Å². The lowest BCUT2D eigenvalue weighted by atomic mass is 10.3. The van der Waals surface area contributed by atoms with E-state index in [-0.39, 0.29) is 16.0 Å². The molecule has 0 saturated heterocycles. The van der Waals surface area contributed by atoms with Crippen LogP contribution in [0.1, 0.15) is 20.8 Å². The zero-order chi connectivity index (χ0) is 18.3. The summed E-state index contributed by atoms with van der Waals surface area (Å²) in [6.45, 7) is 4.66. The molecule has 1 unspecified atom stereocenters. The summed E-state index contributed by atoms with van der Waals surface area (Å²) in [4.78, 5) is 26.5. The minimum atomic E-state index is -3.91. The lowest BCUT2D eigenvalue weighted by molar-refractivity contribution is -0.141. The lowest BCUT2D eigenvalue weighted by Crippen LogP contribution is -2.45. The van der Waals surface area contributed by atoms with Crippen LogP contribution in [0.2, 0.25) is 0 Å². The molecule has 24 heavy (non-hydrogen) atoms. The summed E-state index contributed by atoms with van der Waals surface area (Å²) < 4.78 is 26.4. The van der Waals surface area contributed by atoms with Crippen LogP contribution < -0.4 is 5.32 Å². The number of aromatic nitrogens is 1. The maximum absolute atomic E-state index is 12.7. The van der Waals surface area contributed by atoms with Crippen LogP contribution in [-0.4, -0.2) is 58.4 Å². The van der Waals surface area contributed by atoms with E-state index in [4.69, 9.17) is 5.11 Å². The highest BCUT2D eigenvalue weighted by atomic mass is 32.2. The zero-order valence-electron chi connectivity index (χ0n) is 13.7. The molecule has 0 spiro atoms. The highest BCUT2D eigenvalue weighted by Gasteiger charge is 2.28. The van der Waals surface area contributed by atoms with Gasteiger partial charge in [-0.15, -0.1) is 11.8 Å². The predicted molar refractivity (Wildman–Crippen MR) is 91.0 cm³/mol. The largest absolute Gasteiger partial charge is 0.480 e. The van der Waals surface area contributed by atoms with E-state index in [2.05, 4.69) is 10.3 Å². The van der Waals surface area contributed by atoms with E-state index in [1.807, 2.05) is 13.8 Å². The molecule has 0 saturated carbocycles. The number of pyridine rings is 1. The Balaban J connectivity index is 2.95. The molecule has 1 aromatic rings. The number of hydrogen-bond acceptors (Lipinski definition) is 6. The molecule has 10 heteroatoms. The van der Waals surface area contributed by atoms with Gasteiger partial charge in [0.25, 0.3) is 0 Å². The third kappa shape index (κ3) is 6.10. The van der Waals surface area contributed by atoms with Gasteiger partial charge < -0.3 is 10.4 Å². The summed E-state index contributed by atoms with van der Waals surface area (Å²) in [5.74, 6) is -1.80. The highest BCUT2D eigenvalue weighted by Crippen LogP contribution is 2.19. The number of aliphatic carboxylic acids is 1. The molecule has 0 aromatic carbocycles. The first-order valence-corrected chi connectivity index (χ1v) is 9.67. The number of amides is 1. The van der Waals surface area contributed by atoms with Gasteiger partial charge >= 0.3 is 5.97 Å². The number of sulfonamides is 1.